The lowest BCUT2D eigenvalue weighted by atomic mass is 10.1. The van der Waals surface area contributed by atoms with Gasteiger partial charge in [-0.1, -0.05) is 24.3 Å². The number of nitriles is 1. The Labute approximate surface area is 141 Å². The van der Waals surface area contributed by atoms with E-state index in [9.17, 15) is 30.0 Å². The summed E-state index contributed by atoms with van der Waals surface area (Å²) < 4.78 is 86.0. The molecule has 0 amide bonds. The SMILES string of the molecule is N#C/C=C/S(=O)(=O)c1ccc(NS(=O)(=O)C(F)(F)F)c2ccccc12. The average molecular weight is 390 g/mol. The number of sulfonamides is 1. The van der Waals surface area contributed by atoms with Crippen molar-refractivity contribution in [3.8, 4) is 6.07 Å². The first kappa shape index (κ1) is 18.8. The molecule has 25 heavy (non-hydrogen) atoms. The first-order valence-electron chi connectivity index (χ1n) is 6.42. The molecule has 0 radical (unpaired) electrons. The summed E-state index contributed by atoms with van der Waals surface area (Å²) in [5, 5.41) is 9.07. The minimum atomic E-state index is -5.66. The Bertz CT molecular complexity index is 1100. The Kier molecular flexibility index (Phi) is 4.79. The van der Waals surface area contributed by atoms with Gasteiger partial charge in [-0.25, -0.2) is 8.42 Å². The maximum absolute atomic E-state index is 12.5. The number of anilines is 1. The molecule has 0 aliphatic carbocycles. The predicted octanol–water partition coefficient (Wildman–Crippen LogP) is 2.91. The van der Waals surface area contributed by atoms with E-state index in [1.165, 1.54) is 35.1 Å². The van der Waals surface area contributed by atoms with Crippen molar-refractivity contribution >= 4 is 36.3 Å². The summed E-state index contributed by atoms with van der Waals surface area (Å²) in [6, 6.07) is 8.85. The normalized spacial score (nSPS) is 13.0. The highest BCUT2D eigenvalue weighted by molar-refractivity contribution is 7.94. The monoisotopic (exact) mass is 390 g/mol. The van der Waals surface area contributed by atoms with E-state index in [-0.39, 0.29) is 15.7 Å². The van der Waals surface area contributed by atoms with E-state index >= 15 is 0 Å². The van der Waals surface area contributed by atoms with Crippen molar-refractivity contribution in [1.29, 1.82) is 5.26 Å². The quantitative estimate of drug-likeness (QED) is 0.809. The van der Waals surface area contributed by atoms with Crippen LogP contribution in [-0.4, -0.2) is 22.3 Å². The number of nitrogens with one attached hydrogen (secondary N) is 1. The van der Waals surface area contributed by atoms with Gasteiger partial charge in [0.15, 0.2) is 0 Å². The van der Waals surface area contributed by atoms with Crippen molar-refractivity contribution in [2.75, 3.05) is 4.72 Å². The molecule has 2 aromatic carbocycles. The molecule has 0 unspecified atom stereocenters. The van der Waals surface area contributed by atoms with E-state index in [2.05, 4.69) is 0 Å². The minimum Gasteiger partial charge on any atom is -0.275 e. The third-order valence-electron chi connectivity index (χ3n) is 3.06. The lowest BCUT2D eigenvalue weighted by molar-refractivity contribution is -0.0429. The largest absolute Gasteiger partial charge is 0.516 e. The molecule has 0 aliphatic rings. The molecular formula is C14H9F3N2O4S2. The molecule has 0 fully saturated rings. The third kappa shape index (κ3) is 3.75. The molecular weight excluding hydrogens is 381 g/mol. The highest BCUT2D eigenvalue weighted by atomic mass is 32.2. The fourth-order valence-electron chi connectivity index (χ4n) is 2.00. The maximum Gasteiger partial charge on any atom is 0.516 e. The van der Waals surface area contributed by atoms with Crippen molar-refractivity contribution in [1.82, 2.24) is 0 Å². The van der Waals surface area contributed by atoms with Gasteiger partial charge in [0.2, 0.25) is 9.84 Å². The van der Waals surface area contributed by atoms with E-state index in [1.54, 1.807) is 0 Å². The number of benzene rings is 2. The van der Waals surface area contributed by atoms with Crippen LogP contribution >= 0.6 is 0 Å². The number of nitrogens with zero attached hydrogens (tertiary/aromatic N) is 1. The second-order valence-corrected chi connectivity index (χ2v) is 8.16. The Morgan fingerprint density at radius 1 is 1.00 bits per heavy atom. The first-order valence-corrected chi connectivity index (χ1v) is 9.44. The molecule has 6 nitrogen and oxygen atoms in total. The Balaban J connectivity index is 2.69. The average Bonchev–Trinajstić information content (AvgIpc) is 2.51. The van der Waals surface area contributed by atoms with Gasteiger partial charge >= 0.3 is 15.5 Å². The zero-order valence-corrected chi connectivity index (χ0v) is 13.8. The maximum atomic E-state index is 12.5. The van der Waals surface area contributed by atoms with Crippen LogP contribution in [-0.2, 0) is 19.9 Å². The smallest absolute Gasteiger partial charge is 0.275 e. The first-order chi connectivity index (χ1) is 11.5. The molecule has 2 aromatic rings. The van der Waals surface area contributed by atoms with Gasteiger partial charge in [-0.3, -0.25) is 4.72 Å². The molecule has 1 N–H and O–H groups in total. The van der Waals surface area contributed by atoms with Crippen LogP contribution in [0.3, 0.4) is 0 Å². The molecule has 132 valence electrons. The summed E-state index contributed by atoms with van der Waals surface area (Å²) in [6.45, 7) is 0. The summed E-state index contributed by atoms with van der Waals surface area (Å²) in [5.41, 5.74) is -5.94. The number of rotatable bonds is 4. The van der Waals surface area contributed by atoms with Gasteiger partial charge in [-0.05, 0) is 12.1 Å². The van der Waals surface area contributed by atoms with E-state index in [0.29, 0.717) is 5.41 Å². The lowest BCUT2D eigenvalue weighted by Gasteiger charge is -2.14. The highest BCUT2D eigenvalue weighted by Crippen LogP contribution is 2.33. The van der Waals surface area contributed by atoms with Gasteiger partial charge in [0, 0.05) is 22.3 Å². The van der Waals surface area contributed by atoms with E-state index < -0.39 is 31.1 Å². The molecule has 0 atom stereocenters. The Hall–Kier alpha value is -2.58. The number of hydrogen-bond acceptors (Lipinski definition) is 5. The predicted molar refractivity (Wildman–Crippen MR) is 84.5 cm³/mol. The van der Waals surface area contributed by atoms with Gasteiger partial charge in [0.25, 0.3) is 0 Å². The van der Waals surface area contributed by atoms with Crippen LogP contribution in [0.25, 0.3) is 10.8 Å². The molecule has 11 heteroatoms. The summed E-state index contributed by atoms with van der Waals surface area (Å²) in [7, 11) is -9.70. The minimum absolute atomic E-state index is 0.00691. The number of hydrogen-bond donors (Lipinski definition) is 1. The second-order valence-electron chi connectivity index (χ2n) is 4.68. The van der Waals surface area contributed by atoms with Gasteiger partial charge in [0.05, 0.1) is 16.7 Å². The molecule has 0 saturated carbocycles. The van der Waals surface area contributed by atoms with Gasteiger partial charge < -0.3 is 0 Å². The molecule has 0 saturated heterocycles. The zero-order chi connectivity index (χ0) is 18.9. The van der Waals surface area contributed by atoms with Crippen LogP contribution in [0.4, 0.5) is 18.9 Å². The van der Waals surface area contributed by atoms with E-state index in [0.717, 1.165) is 18.2 Å². The van der Waals surface area contributed by atoms with Crippen LogP contribution in [0.1, 0.15) is 0 Å². The van der Waals surface area contributed by atoms with Crippen molar-refractivity contribution in [3.63, 3.8) is 0 Å². The van der Waals surface area contributed by atoms with Crippen molar-refractivity contribution in [2.45, 2.75) is 10.4 Å². The second kappa shape index (κ2) is 6.38. The fraction of sp³-hybridized carbons (Fsp3) is 0.0714. The number of sulfone groups is 1. The number of halogens is 3. The van der Waals surface area contributed by atoms with E-state index in [4.69, 9.17) is 5.26 Å². The van der Waals surface area contributed by atoms with Crippen molar-refractivity contribution in [3.05, 3.63) is 47.9 Å². The molecule has 0 aromatic heterocycles. The van der Waals surface area contributed by atoms with Crippen molar-refractivity contribution < 1.29 is 30.0 Å². The highest BCUT2D eigenvalue weighted by Gasteiger charge is 2.46. The Morgan fingerprint density at radius 2 is 1.60 bits per heavy atom. The van der Waals surface area contributed by atoms with Gasteiger partial charge in [-0.2, -0.15) is 26.9 Å². The van der Waals surface area contributed by atoms with E-state index in [1.807, 2.05) is 0 Å². The number of fused-ring (bicyclic) bond motifs is 1. The Morgan fingerprint density at radius 3 is 2.16 bits per heavy atom. The van der Waals surface area contributed by atoms with Crippen molar-refractivity contribution in [2.24, 2.45) is 0 Å². The van der Waals surface area contributed by atoms with Crippen LogP contribution in [0.15, 0.2) is 52.8 Å². The summed E-state index contributed by atoms with van der Waals surface area (Å²) in [6.07, 6.45) is 0.740. The summed E-state index contributed by atoms with van der Waals surface area (Å²) in [4.78, 5) is -0.274. The van der Waals surface area contributed by atoms with Gasteiger partial charge in [-0.15, -0.1) is 0 Å². The molecule has 0 heterocycles. The molecule has 2 rings (SSSR count). The topological polar surface area (TPSA) is 104 Å². The number of alkyl halides is 3. The summed E-state index contributed by atoms with van der Waals surface area (Å²) >= 11 is 0. The standard InChI is InChI=1S/C14H9F3N2O4S2/c15-14(16,17)25(22,23)19-12-6-7-13(24(20,21)9-3-8-18)11-5-2-1-4-10(11)12/h1-7,9,19H/b9-3+. The molecule has 0 spiro atoms. The molecule has 0 bridgehead atoms. The number of allylic oxidation sites excluding steroid dienone is 1. The van der Waals surface area contributed by atoms with Crippen LogP contribution in [0.5, 0.6) is 0 Å². The molecule has 0 aliphatic heterocycles. The fourth-order valence-corrected chi connectivity index (χ4v) is 3.72. The van der Waals surface area contributed by atoms with Crippen LogP contribution in [0.2, 0.25) is 0 Å². The van der Waals surface area contributed by atoms with Crippen LogP contribution in [0, 0.1) is 11.3 Å². The third-order valence-corrected chi connectivity index (χ3v) is 5.62. The zero-order valence-electron chi connectivity index (χ0n) is 12.1. The van der Waals surface area contributed by atoms with Gasteiger partial charge in [0.1, 0.15) is 0 Å². The van der Waals surface area contributed by atoms with Crippen LogP contribution < -0.4 is 4.72 Å². The lowest BCUT2D eigenvalue weighted by Crippen LogP contribution is -2.30. The summed E-state index contributed by atoms with van der Waals surface area (Å²) in [5.74, 6) is 0.